The maximum absolute atomic E-state index is 13.9. The first kappa shape index (κ1) is 62.4. The fourth-order valence-electron chi connectivity index (χ4n) is 6.91. The second-order valence-electron chi connectivity index (χ2n) is 17.0. The van der Waals surface area contributed by atoms with Crippen LogP contribution in [0, 0.1) is 0 Å². The molecule has 79 heavy (non-hydrogen) atoms. The average Bonchev–Trinajstić information content (AvgIpc) is 3.94. The van der Waals surface area contributed by atoms with E-state index in [4.69, 9.17) is 34.9 Å². The molecular formula is C49H60N10O20. The Labute approximate surface area is 448 Å². The maximum Gasteiger partial charge on any atom is 0.326 e. The van der Waals surface area contributed by atoms with E-state index in [-0.39, 0.29) is 60.9 Å². The molecular weight excluding hydrogens is 1050 g/mol. The molecule has 2 unspecified atom stereocenters. The van der Waals surface area contributed by atoms with Crippen LogP contribution in [0.5, 0.6) is 0 Å². The zero-order valence-electron chi connectivity index (χ0n) is 42.2. The van der Waals surface area contributed by atoms with E-state index in [1.54, 1.807) is 0 Å². The number of amides is 6. The van der Waals surface area contributed by atoms with E-state index in [0.717, 1.165) is 0 Å². The highest BCUT2D eigenvalue weighted by Crippen LogP contribution is 2.20. The molecule has 0 aliphatic carbocycles. The number of nitrogens with two attached hydrogens (primary N) is 1. The normalized spacial score (nSPS) is 12.4. The summed E-state index contributed by atoms with van der Waals surface area (Å²) in [5, 5.41) is 78.2. The van der Waals surface area contributed by atoms with Gasteiger partial charge in [-0.25, -0.2) is 33.4 Å². The molecule has 0 fully saturated rings. The summed E-state index contributed by atoms with van der Waals surface area (Å²) in [4.78, 5) is 122. The van der Waals surface area contributed by atoms with Crippen molar-refractivity contribution in [2.75, 3.05) is 63.4 Å². The summed E-state index contributed by atoms with van der Waals surface area (Å²) in [6.07, 6.45) is -1.11. The van der Waals surface area contributed by atoms with Gasteiger partial charge in [0, 0.05) is 54.7 Å². The van der Waals surface area contributed by atoms with E-state index in [0.29, 0.717) is 56.4 Å². The number of aromatic nitrogens is 3. The van der Waals surface area contributed by atoms with Crippen molar-refractivity contribution in [3.8, 4) is 5.69 Å². The lowest BCUT2D eigenvalue weighted by Crippen LogP contribution is -2.51. The van der Waals surface area contributed by atoms with Gasteiger partial charge in [-0.3, -0.25) is 19.2 Å². The van der Waals surface area contributed by atoms with Gasteiger partial charge in [-0.1, -0.05) is 29.5 Å². The number of carboxylic acids is 6. The molecule has 0 spiro atoms. The Kier molecular flexibility index (Phi) is 25.7. The third-order valence-electron chi connectivity index (χ3n) is 10.9. The fourth-order valence-corrected chi connectivity index (χ4v) is 6.91. The third-order valence-corrected chi connectivity index (χ3v) is 10.9. The molecule has 0 aliphatic heterocycles. The van der Waals surface area contributed by atoms with E-state index in [1.165, 1.54) is 77.6 Å². The van der Waals surface area contributed by atoms with Crippen LogP contribution in [0.1, 0.15) is 63.2 Å². The average molecular weight is 1110 g/mol. The Morgan fingerprint density at radius 1 is 0.506 bits per heavy atom. The van der Waals surface area contributed by atoms with Crippen LogP contribution in [0.25, 0.3) is 5.69 Å². The summed E-state index contributed by atoms with van der Waals surface area (Å²) in [7, 11) is 0. The topological polar surface area (TPSA) is 458 Å². The van der Waals surface area contributed by atoms with Gasteiger partial charge in [-0.15, -0.1) is 5.10 Å². The molecule has 4 rings (SSSR count). The van der Waals surface area contributed by atoms with Gasteiger partial charge < -0.3 is 87.2 Å². The molecule has 1 heterocycles. The smallest absolute Gasteiger partial charge is 0.326 e. The standard InChI is InChI=1S/C49H60N10O20/c50-13-14-76-15-16-77-17-18-78-19-20-79-27-34-26-59(58-57-34)35-24-30(42(64)51-32-5-1-28(2-6-32)21-38(46(70)71)55-48(74)53-36(44(66)67)9-11-40(60)61)23-31(25-35)43(65)52-33-7-3-29(4-8-33)22-39(47(72)73)56-49(75)54-37(45(68)69)10-12-41(62)63/h1-8,23-26,36-39H,9-22,27,50H2,(H,51,64)(H,52,65)(H,60,61)(H,62,63)(H,66,67)(H,68,69)(H,70,71)(H,72,73)(H2,53,55,74)(H2,54,56,75)/t36-,37-,38?,39?/m0/s1. The quantitative estimate of drug-likeness (QED) is 0.0276. The van der Waals surface area contributed by atoms with Crippen LogP contribution in [0.3, 0.4) is 0 Å². The lowest BCUT2D eigenvalue weighted by molar-refractivity contribution is -0.142. The number of rotatable bonds is 36. The molecule has 0 saturated heterocycles. The monoisotopic (exact) mass is 1110 g/mol. The summed E-state index contributed by atoms with van der Waals surface area (Å²) in [6, 6.07) is 7.07. The van der Waals surface area contributed by atoms with Crippen LogP contribution in [0.15, 0.2) is 72.9 Å². The van der Waals surface area contributed by atoms with Crippen molar-refractivity contribution in [1.82, 2.24) is 36.3 Å². The number of anilines is 2. The molecule has 0 bridgehead atoms. The Morgan fingerprint density at radius 2 is 0.886 bits per heavy atom. The molecule has 0 aliphatic rings. The number of urea groups is 2. The first-order valence-electron chi connectivity index (χ1n) is 24.1. The Morgan fingerprint density at radius 3 is 1.27 bits per heavy atom. The van der Waals surface area contributed by atoms with Gasteiger partial charge in [0.15, 0.2) is 0 Å². The van der Waals surface area contributed by atoms with Crippen molar-refractivity contribution in [3.05, 3.63) is 101 Å². The zero-order chi connectivity index (χ0) is 57.9. The molecule has 3 aromatic carbocycles. The van der Waals surface area contributed by atoms with Crippen LogP contribution >= 0.6 is 0 Å². The van der Waals surface area contributed by atoms with Crippen molar-refractivity contribution in [2.45, 2.75) is 69.3 Å². The molecule has 0 saturated carbocycles. The van der Waals surface area contributed by atoms with Crippen molar-refractivity contribution >= 4 is 71.1 Å². The summed E-state index contributed by atoms with van der Waals surface area (Å²) in [5.74, 6) is -10.0. The number of hydrogen-bond acceptors (Lipinski definition) is 17. The second kappa shape index (κ2) is 32.5. The number of benzene rings is 3. The SMILES string of the molecule is NCCOCCOCCOCCOCc1cn(-c2cc(C(=O)Nc3ccc(CC(NC(=O)N[C@@H](CCC(=O)O)C(=O)O)C(=O)O)cc3)cc(C(=O)Nc3ccc(CC(NC(=O)N[C@@H](CCC(=O)O)C(=O)O)C(=O)O)cc3)c2)nn1. The van der Waals surface area contributed by atoms with Gasteiger partial charge in [0.25, 0.3) is 11.8 Å². The molecule has 4 atom stereocenters. The maximum atomic E-state index is 13.9. The van der Waals surface area contributed by atoms with Crippen molar-refractivity contribution < 1.29 is 97.5 Å². The van der Waals surface area contributed by atoms with Crippen molar-refractivity contribution in [1.29, 1.82) is 0 Å². The molecule has 1 aromatic heterocycles. The summed E-state index contributed by atoms with van der Waals surface area (Å²) in [6.45, 7) is 2.83. The number of carbonyl (C=O) groups excluding carboxylic acids is 4. The Balaban J connectivity index is 1.48. The lowest BCUT2D eigenvalue weighted by atomic mass is 10.0. The minimum Gasteiger partial charge on any atom is -0.481 e. The van der Waals surface area contributed by atoms with Crippen molar-refractivity contribution in [2.24, 2.45) is 5.73 Å². The van der Waals surface area contributed by atoms with Crippen LogP contribution in [0.2, 0.25) is 0 Å². The predicted octanol–water partition coefficient (Wildman–Crippen LogP) is 0.523. The van der Waals surface area contributed by atoms with Gasteiger partial charge in [0.1, 0.15) is 29.9 Å². The second-order valence-corrected chi connectivity index (χ2v) is 17.0. The largest absolute Gasteiger partial charge is 0.481 e. The fraction of sp³-hybridized carbons (Fsp3) is 0.388. The summed E-state index contributed by atoms with van der Waals surface area (Å²) in [5.41, 5.74) is 7.05. The van der Waals surface area contributed by atoms with Crippen LogP contribution in [0.4, 0.5) is 21.0 Å². The lowest BCUT2D eigenvalue weighted by Gasteiger charge is -2.18. The molecule has 426 valence electrons. The number of carboxylic acid groups (broad SMARTS) is 6. The highest BCUT2D eigenvalue weighted by Gasteiger charge is 2.27. The molecule has 30 nitrogen and oxygen atoms in total. The third kappa shape index (κ3) is 23.0. The van der Waals surface area contributed by atoms with E-state index in [2.05, 4.69) is 42.2 Å². The summed E-state index contributed by atoms with van der Waals surface area (Å²) >= 11 is 0. The summed E-state index contributed by atoms with van der Waals surface area (Å²) < 4.78 is 23.1. The first-order valence-corrected chi connectivity index (χ1v) is 24.1. The van der Waals surface area contributed by atoms with Gasteiger partial charge in [-0.05, 0) is 66.4 Å². The highest BCUT2D eigenvalue weighted by molar-refractivity contribution is 6.09. The van der Waals surface area contributed by atoms with E-state index < -0.39 is 110 Å². The molecule has 14 N–H and O–H groups in total. The number of nitrogens with zero attached hydrogens (tertiary/aromatic N) is 3. The van der Waals surface area contributed by atoms with Gasteiger partial charge in [-0.2, -0.15) is 0 Å². The molecule has 4 aromatic rings. The van der Waals surface area contributed by atoms with E-state index in [9.17, 15) is 68.4 Å². The Bertz CT molecular complexity index is 2590. The van der Waals surface area contributed by atoms with E-state index in [1.807, 2.05) is 0 Å². The molecule has 6 amide bonds. The van der Waals surface area contributed by atoms with E-state index >= 15 is 0 Å². The molecule has 30 heteroatoms. The van der Waals surface area contributed by atoms with Gasteiger partial charge in [0.05, 0.1) is 64.7 Å². The predicted molar refractivity (Wildman–Crippen MR) is 271 cm³/mol. The van der Waals surface area contributed by atoms with Crippen LogP contribution < -0.4 is 37.6 Å². The zero-order valence-corrected chi connectivity index (χ0v) is 42.2. The Hall–Kier alpha value is -9.10. The number of nitrogens with one attached hydrogen (secondary N) is 6. The van der Waals surface area contributed by atoms with Gasteiger partial charge >= 0.3 is 47.9 Å². The molecule has 0 radical (unpaired) electrons. The number of ether oxygens (including phenoxy) is 4. The first-order chi connectivity index (χ1) is 37.7. The minimum atomic E-state index is -1.61. The van der Waals surface area contributed by atoms with Crippen LogP contribution in [-0.2, 0) is 67.2 Å². The highest BCUT2D eigenvalue weighted by atomic mass is 16.6. The minimum absolute atomic E-state index is 0.0182. The van der Waals surface area contributed by atoms with Crippen molar-refractivity contribution in [3.63, 3.8) is 0 Å². The number of aliphatic carboxylic acids is 6. The number of carbonyl (C=O) groups is 10. The van der Waals surface area contributed by atoms with Crippen LogP contribution in [-0.4, -0.2) is 182 Å². The number of hydrogen-bond donors (Lipinski definition) is 13. The van der Waals surface area contributed by atoms with Gasteiger partial charge in [0.2, 0.25) is 0 Å².